The van der Waals surface area contributed by atoms with Gasteiger partial charge in [-0.25, -0.2) is 0 Å². The predicted molar refractivity (Wildman–Crippen MR) is 84.9 cm³/mol. The summed E-state index contributed by atoms with van der Waals surface area (Å²) in [5, 5.41) is 10.5. The van der Waals surface area contributed by atoms with Crippen LogP contribution in [-0.2, 0) is 4.74 Å². The van der Waals surface area contributed by atoms with E-state index in [0.29, 0.717) is 12.6 Å². The van der Waals surface area contributed by atoms with Crippen molar-refractivity contribution in [3.8, 4) is 16.9 Å². The van der Waals surface area contributed by atoms with Crippen LogP contribution in [0.15, 0.2) is 24.4 Å². The molecule has 2 heterocycles. The molecule has 22 heavy (non-hydrogen) atoms. The summed E-state index contributed by atoms with van der Waals surface area (Å²) in [6.45, 7) is 5.20. The van der Waals surface area contributed by atoms with E-state index in [1.807, 2.05) is 31.3 Å². The molecule has 2 N–H and O–H groups in total. The lowest BCUT2D eigenvalue weighted by molar-refractivity contribution is 0.0770. The van der Waals surface area contributed by atoms with Crippen LogP contribution in [-0.4, -0.2) is 42.6 Å². The highest BCUT2D eigenvalue weighted by molar-refractivity contribution is 5.66. The molecule has 5 nitrogen and oxygen atoms in total. The van der Waals surface area contributed by atoms with Gasteiger partial charge in [0.2, 0.25) is 0 Å². The molecule has 1 aliphatic rings. The Morgan fingerprint density at radius 2 is 2.27 bits per heavy atom. The van der Waals surface area contributed by atoms with Crippen molar-refractivity contribution in [2.24, 2.45) is 0 Å². The van der Waals surface area contributed by atoms with Gasteiger partial charge in [0.05, 0.1) is 5.69 Å². The first-order valence-corrected chi connectivity index (χ1v) is 7.79. The molecule has 2 aromatic rings. The van der Waals surface area contributed by atoms with Crippen molar-refractivity contribution in [3.05, 3.63) is 36.2 Å². The van der Waals surface area contributed by atoms with Crippen LogP contribution >= 0.6 is 0 Å². The highest BCUT2D eigenvalue weighted by Gasteiger charge is 2.12. The number of hydrogen-bond donors (Lipinski definition) is 2. The smallest absolute Gasteiger partial charge is 0.120 e. The van der Waals surface area contributed by atoms with E-state index >= 15 is 0 Å². The molecule has 1 saturated heterocycles. The fraction of sp³-hybridized carbons (Fsp3) is 0.471. The van der Waals surface area contributed by atoms with Crippen molar-refractivity contribution in [2.45, 2.75) is 25.8 Å². The second-order valence-electron chi connectivity index (χ2n) is 5.53. The van der Waals surface area contributed by atoms with Crippen LogP contribution in [0.3, 0.4) is 0 Å². The number of benzene rings is 1. The number of aromatic nitrogens is 2. The van der Waals surface area contributed by atoms with E-state index in [-0.39, 0.29) is 0 Å². The lowest BCUT2D eigenvalue weighted by Gasteiger charge is -2.23. The summed E-state index contributed by atoms with van der Waals surface area (Å²) in [4.78, 5) is 0. The van der Waals surface area contributed by atoms with Crippen LogP contribution < -0.4 is 10.1 Å². The summed E-state index contributed by atoms with van der Waals surface area (Å²) in [5.41, 5.74) is 3.13. The Morgan fingerprint density at radius 3 is 3.05 bits per heavy atom. The Labute approximate surface area is 131 Å². The number of aromatic amines is 1. The first-order chi connectivity index (χ1) is 10.8. The molecule has 0 saturated carbocycles. The SMILES string of the molecule is Cc1n[nH]cc1-c1c[c]cc(OCCNC2CCOCC2)c1. The number of rotatable bonds is 6. The van der Waals surface area contributed by atoms with Crippen molar-refractivity contribution in [3.63, 3.8) is 0 Å². The first-order valence-electron chi connectivity index (χ1n) is 7.79. The zero-order valence-electron chi connectivity index (χ0n) is 12.9. The van der Waals surface area contributed by atoms with Crippen LogP contribution in [0.5, 0.6) is 5.75 Å². The number of H-pyrrole nitrogens is 1. The molecule has 1 radical (unpaired) electrons. The maximum absolute atomic E-state index is 5.82. The molecule has 1 fully saturated rings. The molecular weight excluding hydrogens is 278 g/mol. The van der Waals surface area contributed by atoms with Gasteiger partial charge in [0, 0.05) is 37.6 Å². The van der Waals surface area contributed by atoms with Gasteiger partial charge in [0.15, 0.2) is 0 Å². The molecule has 1 aromatic heterocycles. The average Bonchev–Trinajstić information content (AvgIpc) is 2.99. The Hall–Kier alpha value is -1.85. The largest absolute Gasteiger partial charge is 0.492 e. The summed E-state index contributed by atoms with van der Waals surface area (Å²) in [6, 6.07) is 9.54. The summed E-state index contributed by atoms with van der Waals surface area (Å²) < 4.78 is 11.2. The van der Waals surface area contributed by atoms with Crippen molar-refractivity contribution in [1.82, 2.24) is 15.5 Å². The lowest BCUT2D eigenvalue weighted by Crippen LogP contribution is -2.37. The molecule has 0 atom stereocenters. The van der Waals surface area contributed by atoms with Crippen molar-refractivity contribution in [2.75, 3.05) is 26.4 Å². The highest BCUT2D eigenvalue weighted by atomic mass is 16.5. The first kappa shape index (κ1) is 15.1. The highest BCUT2D eigenvalue weighted by Crippen LogP contribution is 2.25. The Balaban J connectivity index is 1.49. The molecule has 0 unspecified atom stereocenters. The molecule has 3 rings (SSSR count). The summed E-state index contributed by atoms with van der Waals surface area (Å²) in [6.07, 6.45) is 4.07. The van der Waals surface area contributed by atoms with E-state index in [1.165, 1.54) is 0 Å². The van der Waals surface area contributed by atoms with E-state index in [2.05, 4.69) is 21.6 Å². The quantitative estimate of drug-likeness (QED) is 0.804. The molecule has 1 aliphatic heterocycles. The fourth-order valence-corrected chi connectivity index (χ4v) is 2.67. The van der Waals surface area contributed by atoms with Gasteiger partial charge in [-0.15, -0.1) is 0 Å². The van der Waals surface area contributed by atoms with Crippen LogP contribution in [0.2, 0.25) is 0 Å². The fourth-order valence-electron chi connectivity index (χ4n) is 2.67. The number of nitrogens with one attached hydrogen (secondary N) is 2. The second kappa shape index (κ2) is 7.42. The zero-order chi connectivity index (χ0) is 15.2. The van der Waals surface area contributed by atoms with Gasteiger partial charge in [-0.2, -0.15) is 5.10 Å². The molecule has 0 spiro atoms. The Kier molecular flexibility index (Phi) is 5.08. The number of nitrogens with zero attached hydrogens (tertiary/aromatic N) is 1. The second-order valence-corrected chi connectivity index (χ2v) is 5.53. The van der Waals surface area contributed by atoms with E-state index in [4.69, 9.17) is 9.47 Å². The van der Waals surface area contributed by atoms with Crippen molar-refractivity contribution < 1.29 is 9.47 Å². The summed E-state index contributed by atoms with van der Waals surface area (Å²) >= 11 is 0. The number of aryl methyl sites for hydroxylation is 1. The van der Waals surface area contributed by atoms with Crippen molar-refractivity contribution >= 4 is 0 Å². The van der Waals surface area contributed by atoms with Gasteiger partial charge in [-0.3, -0.25) is 5.10 Å². The molecule has 5 heteroatoms. The van der Waals surface area contributed by atoms with E-state index < -0.39 is 0 Å². The van der Waals surface area contributed by atoms with Gasteiger partial charge < -0.3 is 14.8 Å². The average molecular weight is 300 g/mol. The predicted octanol–water partition coefficient (Wildman–Crippen LogP) is 2.33. The van der Waals surface area contributed by atoms with Crippen LogP contribution in [0.4, 0.5) is 0 Å². The molecular formula is C17H22N3O2. The Morgan fingerprint density at radius 1 is 1.41 bits per heavy atom. The summed E-state index contributed by atoms with van der Waals surface area (Å²) in [7, 11) is 0. The third kappa shape index (κ3) is 3.87. The molecule has 117 valence electrons. The minimum atomic E-state index is 0.559. The van der Waals surface area contributed by atoms with Gasteiger partial charge in [0.25, 0.3) is 0 Å². The van der Waals surface area contributed by atoms with Gasteiger partial charge in [-0.05, 0) is 49.6 Å². The van der Waals surface area contributed by atoms with Crippen LogP contribution in [0.25, 0.3) is 11.1 Å². The van der Waals surface area contributed by atoms with E-state index in [1.54, 1.807) is 0 Å². The van der Waals surface area contributed by atoms with Crippen LogP contribution in [0.1, 0.15) is 18.5 Å². The Bertz CT molecular complexity index is 591. The third-order valence-electron chi connectivity index (χ3n) is 3.93. The molecule has 0 amide bonds. The maximum Gasteiger partial charge on any atom is 0.120 e. The monoisotopic (exact) mass is 300 g/mol. The standard InChI is InChI=1S/C17H22N3O2/c1-13-17(12-19-20-13)14-3-2-4-16(11-14)22-10-7-18-15-5-8-21-9-6-15/h3-4,11-12,15,18H,5-10H2,1H3,(H,19,20). The van der Waals surface area contributed by atoms with Gasteiger partial charge in [-0.1, -0.05) is 0 Å². The normalized spacial score (nSPS) is 15.9. The zero-order valence-corrected chi connectivity index (χ0v) is 12.9. The minimum absolute atomic E-state index is 0.559. The van der Waals surface area contributed by atoms with Crippen molar-refractivity contribution in [1.29, 1.82) is 0 Å². The van der Waals surface area contributed by atoms with Gasteiger partial charge >= 0.3 is 0 Å². The summed E-state index contributed by atoms with van der Waals surface area (Å²) in [5.74, 6) is 0.840. The lowest BCUT2D eigenvalue weighted by atomic mass is 10.1. The van der Waals surface area contributed by atoms with Crippen LogP contribution in [0, 0.1) is 13.0 Å². The topological polar surface area (TPSA) is 59.2 Å². The number of ether oxygens (including phenoxy) is 2. The maximum atomic E-state index is 5.82. The van der Waals surface area contributed by atoms with Gasteiger partial charge in [0.1, 0.15) is 12.4 Å². The molecule has 1 aromatic carbocycles. The molecule has 0 aliphatic carbocycles. The number of hydrogen-bond acceptors (Lipinski definition) is 4. The van der Waals surface area contributed by atoms with E-state index in [0.717, 1.165) is 55.2 Å². The molecule has 0 bridgehead atoms. The minimum Gasteiger partial charge on any atom is -0.492 e. The van der Waals surface area contributed by atoms with E-state index in [9.17, 15) is 0 Å². The third-order valence-corrected chi connectivity index (χ3v) is 3.93.